The summed E-state index contributed by atoms with van der Waals surface area (Å²) >= 11 is 1.25. The van der Waals surface area contributed by atoms with Crippen LogP contribution in [0.5, 0.6) is 11.5 Å². The third kappa shape index (κ3) is 5.02. The minimum Gasteiger partial charge on any atom is -0.493 e. The van der Waals surface area contributed by atoms with Gasteiger partial charge in [-0.05, 0) is 24.6 Å². The minimum absolute atomic E-state index is 0.113. The highest BCUT2D eigenvalue weighted by molar-refractivity contribution is 7.99. The number of amides is 1. The number of aryl methyl sites for hydroxylation is 1. The molecule has 1 aromatic heterocycles. The highest BCUT2D eigenvalue weighted by Crippen LogP contribution is 2.27. The summed E-state index contributed by atoms with van der Waals surface area (Å²) in [5, 5.41) is 3.34. The molecule has 0 fully saturated rings. The van der Waals surface area contributed by atoms with Gasteiger partial charge in [0.1, 0.15) is 5.82 Å². The predicted molar refractivity (Wildman–Crippen MR) is 93.3 cm³/mol. The van der Waals surface area contributed by atoms with Crippen LogP contribution in [0.4, 0.5) is 5.82 Å². The Balaban J connectivity index is 1.87. The molecule has 1 heterocycles. The minimum atomic E-state index is -0.113. The first-order chi connectivity index (χ1) is 11.5. The summed E-state index contributed by atoms with van der Waals surface area (Å²) in [5.41, 5.74) is 7.36. The van der Waals surface area contributed by atoms with Crippen molar-refractivity contribution in [2.24, 2.45) is 0 Å². The van der Waals surface area contributed by atoms with E-state index < -0.39 is 0 Å². The highest BCUT2D eigenvalue weighted by Gasteiger charge is 2.08. The average molecular weight is 348 g/mol. The number of nitrogen functional groups attached to an aromatic ring is 1. The first-order valence-corrected chi connectivity index (χ1v) is 8.22. The van der Waals surface area contributed by atoms with E-state index in [0.717, 1.165) is 11.3 Å². The Morgan fingerprint density at radius 1 is 1.21 bits per heavy atom. The average Bonchev–Trinajstić information content (AvgIpc) is 2.57. The summed E-state index contributed by atoms with van der Waals surface area (Å²) in [7, 11) is 3.15. The Morgan fingerprint density at radius 3 is 2.62 bits per heavy atom. The van der Waals surface area contributed by atoms with Crippen LogP contribution in [0.2, 0.25) is 0 Å². The molecule has 7 nitrogen and oxygen atoms in total. The quantitative estimate of drug-likeness (QED) is 0.581. The molecule has 0 radical (unpaired) electrons. The SMILES string of the molecule is COc1ccc(CNC(=O)CSc2nc(C)cc(N)n2)cc1OC. The molecule has 0 saturated heterocycles. The third-order valence-corrected chi connectivity index (χ3v) is 3.97. The smallest absolute Gasteiger partial charge is 0.230 e. The van der Waals surface area contributed by atoms with E-state index in [-0.39, 0.29) is 11.7 Å². The fourth-order valence-electron chi connectivity index (χ4n) is 2.00. The van der Waals surface area contributed by atoms with Crippen molar-refractivity contribution in [1.29, 1.82) is 0 Å². The van der Waals surface area contributed by atoms with Crippen molar-refractivity contribution in [2.45, 2.75) is 18.6 Å². The normalized spacial score (nSPS) is 10.3. The van der Waals surface area contributed by atoms with Gasteiger partial charge in [-0.2, -0.15) is 0 Å². The largest absolute Gasteiger partial charge is 0.493 e. The molecule has 8 heteroatoms. The van der Waals surface area contributed by atoms with Gasteiger partial charge in [-0.1, -0.05) is 17.8 Å². The number of carbonyl (C=O) groups excluding carboxylic acids is 1. The van der Waals surface area contributed by atoms with Crippen LogP contribution in [-0.4, -0.2) is 35.8 Å². The van der Waals surface area contributed by atoms with Crippen molar-refractivity contribution >= 4 is 23.5 Å². The molecule has 0 spiro atoms. The molecule has 0 saturated carbocycles. The van der Waals surface area contributed by atoms with Gasteiger partial charge in [-0.15, -0.1) is 0 Å². The number of hydrogen-bond donors (Lipinski definition) is 2. The number of carbonyl (C=O) groups is 1. The van der Waals surface area contributed by atoms with E-state index in [2.05, 4.69) is 15.3 Å². The van der Waals surface area contributed by atoms with E-state index in [1.165, 1.54) is 11.8 Å². The van der Waals surface area contributed by atoms with Gasteiger partial charge in [0.15, 0.2) is 16.7 Å². The summed E-state index contributed by atoms with van der Waals surface area (Å²) in [5.74, 6) is 1.78. The summed E-state index contributed by atoms with van der Waals surface area (Å²) in [4.78, 5) is 20.3. The van der Waals surface area contributed by atoms with Crippen molar-refractivity contribution < 1.29 is 14.3 Å². The van der Waals surface area contributed by atoms with Crippen molar-refractivity contribution in [3.05, 3.63) is 35.5 Å². The van der Waals surface area contributed by atoms with E-state index in [0.29, 0.717) is 29.0 Å². The van der Waals surface area contributed by atoms with E-state index >= 15 is 0 Å². The van der Waals surface area contributed by atoms with Crippen LogP contribution in [-0.2, 0) is 11.3 Å². The van der Waals surface area contributed by atoms with Crippen molar-refractivity contribution in [1.82, 2.24) is 15.3 Å². The van der Waals surface area contributed by atoms with Crippen LogP contribution in [0, 0.1) is 6.92 Å². The molecule has 0 unspecified atom stereocenters. The number of thioether (sulfide) groups is 1. The van der Waals surface area contributed by atoms with Crippen LogP contribution in [0.15, 0.2) is 29.4 Å². The Hall–Kier alpha value is -2.48. The highest BCUT2D eigenvalue weighted by atomic mass is 32.2. The topological polar surface area (TPSA) is 99.4 Å². The zero-order valence-electron chi connectivity index (χ0n) is 13.8. The van der Waals surface area contributed by atoms with E-state index in [1.807, 2.05) is 19.1 Å². The Kier molecular flexibility index (Phi) is 6.25. The van der Waals surface area contributed by atoms with Crippen molar-refractivity contribution in [3.63, 3.8) is 0 Å². The second-order valence-electron chi connectivity index (χ2n) is 4.97. The maximum Gasteiger partial charge on any atom is 0.230 e. The molecule has 2 rings (SSSR count). The first-order valence-electron chi connectivity index (χ1n) is 7.23. The second kappa shape index (κ2) is 8.39. The molecular formula is C16H20N4O3S. The lowest BCUT2D eigenvalue weighted by Crippen LogP contribution is -2.24. The van der Waals surface area contributed by atoms with Crippen molar-refractivity contribution in [2.75, 3.05) is 25.7 Å². The molecule has 1 amide bonds. The van der Waals surface area contributed by atoms with Gasteiger partial charge in [0.25, 0.3) is 0 Å². The van der Waals surface area contributed by atoms with E-state index in [4.69, 9.17) is 15.2 Å². The number of aromatic nitrogens is 2. The van der Waals surface area contributed by atoms with Crippen LogP contribution in [0.3, 0.4) is 0 Å². The Bertz CT molecular complexity index is 704. The summed E-state index contributed by atoms with van der Waals surface area (Å²) in [6.07, 6.45) is 0. The molecule has 128 valence electrons. The fourth-order valence-corrected chi connectivity index (χ4v) is 2.74. The summed E-state index contributed by atoms with van der Waals surface area (Å²) in [6.45, 7) is 2.23. The van der Waals surface area contributed by atoms with Gasteiger partial charge < -0.3 is 20.5 Å². The lowest BCUT2D eigenvalue weighted by Gasteiger charge is -2.10. The second-order valence-corrected chi connectivity index (χ2v) is 5.91. The number of nitrogens with two attached hydrogens (primary N) is 1. The van der Waals surface area contributed by atoms with Gasteiger partial charge in [0.05, 0.1) is 20.0 Å². The van der Waals surface area contributed by atoms with Gasteiger partial charge in [0, 0.05) is 18.3 Å². The van der Waals surface area contributed by atoms with Crippen LogP contribution >= 0.6 is 11.8 Å². The fraction of sp³-hybridized carbons (Fsp3) is 0.312. The third-order valence-electron chi connectivity index (χ3n) is 3.12. The Labute approximate surface area is 145 Å². The maximum atomic E-state index is 12.0. The molecule has 3 N–H and O–H groups in total. The zero-order chi connectivity index (χ0) is 17.5. The number of hydrogen-bond acceptors (Lipinski definition) is 7. The van der Waals surface area contributed by atoms with E-state index in [1.54, 1.807) is 26.4 Å². The molecule has 0 atom stereocenters. The van der Waals surface area contributed by atoms with Crippen molar-refractivity contribution in [3.8, 4) is 11.5 Å². The number of benzene rings is 1. The first kappa shape index (κ1) is 17.9. The lowest BCUT2D eigenvalue weighted by molar-refractivity contribution is -0.118. The number of nitrogens with zero attached hydrogens (tertiary/aromatic N) is 2. The molecule has 2 aromatic rings. The molecule has 0 bridgehead atoms. The molecule has 0 aliphatic carbocycles. The number of nitrogens with one attached hydrogen (secondary N) is 1. The summed E-state index contributed by atoms with van der Waals surface area (Å²) < 4.78 is 10.4. The van der Waals surface area contributed by atoms with Gasteiger partial charge >= 0.3 is 0 Å². The monoisotopic (exact) mass is 348 g/mol. The molecular weight excluding hydrogens is 328 g/mol. The van der Waals surface area contributed by atoms with Crippen LogP contribution in [0.1, 0.15) is 11.3 Å². The van der Waals surface area contributed by atoms with Crippen LogP contribution < -0.4 is 20.5 Å². The van der Waals surface area contributed by atoms with Gasteiger partial charge in [0.2, 0.25) is 5.91 Å². The number of methoxy groups -OCH3 is 2. The predicted octanol–water partition coefficient (Wildman–Crippen LogP) is 1.79. The number of ether oxygens (including phenoxy) is 2. The standard InChI is InChI=1S/C16H20N4O3S/c1-10-6-14(17)20-16(19-10)24-9-15(21)18-8-11-4-5-12(22-2)13(7-11)23-3/h4-7H,8-9H2,1-3H3,(H,18,21)(H2,17,19,20). The molecule has 0 aliphatic rings. The lowest BCUT2D eigenvalue weighted by atomic mass is 10.2. The molecule has 24 heavy (non-hydrogen) atoms. The Morgan fingerprint density at radius 2 is 1.96 bits per heavy atom. The maximum absolute atomic E-state index is 12.0. The molecule has 1 aromatic carbocycles. The van der Waals surface area contributed by atoms with Gasteiger partial charge in [-0.25, -0.2) is 9.97 Å². The zero-order valence-corrected chi connectivity index (χ0v) is 14.6. The van der Waals surface area contributed by atoms with Gasteiger partial charge in [-0.3, -0.25) is 4.79 Å². The summed E-state index contributed by atoms with van der Waals surface area (Å²) in [6, 6.07) is 7.19. The van der Waals surface area contributed by atoms with Crippen LogP contribution in [0.25, 0.3) is 0 Å². The number of rotatable bonds is 7. The number of anilines is 1. The molecule has 0 aliphatic heterocycles. The van der Waals surface area contributed by atoms with E-state index in [9.17, 15) is 4.79 Å².